The molecule has 0 spiro atoms. The molecule has 0 fully saturated rings. The summed E-state index contributed by atoms with van der Waals surface area (Å²) in [5.74, 6) is 2.25. The summed E-state index contributed by atoms with van der Waals surface area (Å²) in [7, 11) is -1.86. The number of anilines is 2. The van der Waals surface area contributed by atoms with Crippen LogP contribution in [0.5, 0.6) is 5.75 Å². The van der Waals surface area contributed by atoms with Crippen molar-refractivity contribution in [3.63, 3.8) is 0 Å². The predicted octanol–water partition coefficient (Wildman–Crippen LogP) is 2.75. The third-order valence-electron chi connectivity index (χ3n) is 7.00. The molecule has 0 saturated carbocycles. The highest BCUT2D eigenvalue weighted by Gasteiger charge is 2.38. The Labute approximate surface area is 256 Å². The lowest BCUT2D eigenvalue weighted by Crippen LogP contribution is -2.34. The first-order chi connectivity index (χ1) is 21.3. The Morgan fingerprint density at radius 3 is 2.49 bits per heavy atom. The number of methoxy groups -OCH3 is 1. The second kappa shape index (κ2) is 12.8. The van der Waals surface area contributed by atoms with Crippen molar-refractivity contribution in [2.24, 2.45) is 0 Å². The number of nitrogens with zero attached hydrogens (tertiary/aromatic N) is 7. The molecule has 240 valence electrons. The summed E-state index contributed by atoms with van der Waals surface area (Å²) in [6, 6.07) is 9.12. The number of rotatable bonds is 11. The molecule has 1 aromatic carbocycles. The van der Waals surface area contributed by atoms with Crippen molar-refractivity contribution in [2.45, 2.75) is 50.3 Å². The van der Waals surface area contributed by atoms with E-state index >= 15 is 0 Å². The Hall–Kier alpha value is -4.51. The number of alkyl halides is 3. The van der Waals surface area contributed by atoms with Gasteiger partial charge in [-0.15, -0.1) is 0 Å². The van der Waals surface area contributed by atoms with Crippen LogP contribution in [0.25, 0.3) is 0 Å². The van der Waals surface area contributed by atoms with Crippen molar-refractivity contribution in [2.75, 3.05) is 36.7 Å². The van der Waals surface area contributed by atoms with E-state index in [0.29, 0.717) is 48.4 Å². The summed E-state index contributed by atoms with van der Waals surface area (Å²) in [5.41, 5.74) is -2.46. The molecule has 0 bridgehead atoms. The Bertz CT molecular complexity index is 1810. The Morgan fingerprint density at radius 2 is 1.84 bits per heavy atom. The van der Waals surface area contributed by atoms with Crippen molar-refractivity contribution >= 4 is 21.3 Å². The van der Waals surface area contributed by atoms with Gasteiger partial charge in [0.15, 0.2) is 15.7 Å². The molecule has 13 nitrogen and oxygen atoms in total. The number of fused-ring (bicyclic) bond motifs is 1. The lowest BCUT2D eigenvalue weighted by molar-refractivity contribution is -0.138. The van der Waals surface area contributed by atoms with E-state index in [2.05, 4.69) is 25.5 Å². The number of hydrogen-bond donors (Lipinski definition) is 1. The number of benzene rings is 1. The molecule has 0 unspecified atom stereocenters. The van der Waals surface area contributed by atoms with Crippen LogP contribution in [0.1, 0.15) is 29.7 Å². The van der Waals surface area contributed by atoms with E-state index in [1.54, 1.807) is 41.9 Å². The summed E-state index contributed by atoms with van der Waals surface area (Å²) in [6.45, 7) is 2.99. The molecule has 3 aromatic heterocycles. The molecule has 1 aliphatic rings. The van der Waals surface area contributed by atoms with Gasteiger partial charge in [0.25, 0.3) is 5.56 Å². The molecule has 1 N–H and O–H groups in total. The zero-order valence-electron chi connectivity index (χ0n) is 24.7. The predicted molar refractivity (Wildman–Crippen MR) is 157 cm³/mol. The van der Waals surface area contributed by atoms with Gasteiger partial charge >= 0.3 is 6.18 Å². The Morgan fingerprint density at radius 1 is 1.09 bits per heavy atom. The van der Waals surface area contributed by atoms with E-state index in [0.717, 1.165) is 17.1 Å². The number of halogens is 3. The quantitative estimate of drug-likeness (QED) is 0.256. The van der Waals surface area contributed by atoms with Crippen LogP contribution in [-0.2, 0) is 47.0 Å². The first-order valence-corrected chi connectivity index (χ1v) is 15.7. The molecular formula is C28H31F3N8O5S. The fourth-order valence-electron chi connectivity index (χ4n) is 4.75. The van der Waals surface area contributed by atoms with Gasteiger partial charge in [-0.05, 0) is 36.8 Å². The van der Waals surface area contributed by atoms with Crippen molar-refractivity contribution in [1.82, 2.24) is 29.5 Å². The van der Waals surface area contributed by atoms with E-state index in [1.807, 2.05) is 4.90 Å². The van der Waals surface area contributed by atoms with Gasteiger partial charge in [-0.25, -0.2) is 27.7 Å². The maximum absolute atomic E-state index is 14.0. The molecule has 45 heavy (non-hydrogen) atoms. The number of ether oxygens (including phenoxy) is 2. The summed E-state index contributed by atoms with van der Waals surface area (Å²) >= 11 is 0. The number of aromatic nitrogens is 6. The first-order valence-electron chi connectivity index (χ1n) is 13.8. The topological polar surface area (TPSA) is 146 Å². The monoisotopic (exact) mass is 648 g/mol. The third-order valence-corrected chi connectivity index (χ3v) is 8.10. The van der Waals surface area contributed by atoms with Crippen LogP contribution in [0.4, 0.5) is 24.7 Å². The Balaban J connectivity index is 1.18. The van der Waals surface area contributed by atoms with Gasteiger partial charge in [-0.3, -0.25) is 4.79 Å². The summed E-state index contributed by atoms with van der Waals surface area (Å²) in [4.78, 5) is 23.7. The van der Waals surface area contributed by atoms with Crippen molar-refractivity contribution in [1.29, 1.82) is 0 Å². The van der Waals surface area contributed by atoms with Crippen molar-refractivity contribution in [3.8, 4) is 5.75 Å². The minimum atomic E-state index is -4.91. The second-order valence-corrected chi connectivity index (χ2v) is 12.5. The van der Waals surface area contributed by atoms with Gasteiger partial charge in [0, 0.05) is 25.0 Å². The molecule has 0 saturated heterocycles. The molecule has 4 heterocycles. The minimum absolute atomic E-state index is 0.00116. The fourth-order valence-corrected chi connectivity index (χ4v) is 5.31. The van der Waals surface area contributed by atoms with Crippen LogP contribution < -0.4 is 20.5 Å². The molecule has 17 heteroatoms. The molecule has 1 atom stereocenters. The van der Waals surface area contributed by atoms with E-state index in [9.17, 15) is 26.4 Å². The first kappa shape index (κ1) is 31.9. The number of hydrogen-bond acceptors (Lipinski definition) is 11. The molecule has 5 rings (SSSR count). The zero-order valence-corrected chi connectivity index (χ0v) is 25.5. The molecule has 0 aliphatic carbocycles. The van der Waals surface area contributed by atoms with Gasteiger partial charge < -0.3 is 19.7 Å². The average Bonchev–Trinajstić information content (AvgIpc) is 3.40. The third kappa shape index (κ3) is 7.59. The maximum atomic E-state index is 14.0. The van der Waals surface area contributed by atoms with E-state index in [1.165, 1.54) is 19.4 Å². The van der Waals surface area contributed by atoms with Crippen LogP contribution in [0.2, 0.25) is 0 Å². The lowest BCUT2D eigenvalue weighted by atomic mass is 10.2. The standard InChI is InChI=1S/C28H31F3N8O5S/c1-18(34-22-13-33-39(27(40)26(22)28(29,30)31)14-19-4-6-20(43-2)7-5-19)16-44-17-23-35-25-15-37(10-11-38(25)36-23)24-9-8-21(12-32-24)45(3,41)42/h4-9,12-13,18,34H,10-11,14-17H2,1-3H3/t18-/m0/s1. The number of sulfone groups is 1. The van der Waals surface area contributed by atoms with Crippen LogP contribution in [0, 0.1) is 0 Å². The van der Waals surface area contributed by atoms with Crippen molar-refractivity contribution in [3.05, 3.63) is 81.9 Å². The van der Waals surface area contributed by atoms with Gasteiger partial charge in [0.2, 0.25) is 0 Å². The zero-order chi connectivity index (χ0) is 32.4. The van der Waals surface area contributed by atoms with Gasteiger partial charge in [0.05, 0.1) is 50.1 Å². The lowest BCUT2D eigenvalue weighted by Gasteiger charge is -2.27. The van der Waals surface area contributed by atoms with E-state index in [4.69, 9.17) is 9.47 Å². The van der Waals surface area contributed by atoms with Gasteiger partial charge in [-0.2, -0.15) is 23.4 Å². The van der Waals surface area contributed by atoms with Crippen molar-refractivity contribution < 1.29 is 31.1 Å². The fraction of sp³-hybridized carbons (Fsp3) is 0.393. The number of nitrogens with one attached hydrogen (secondary N) is 1. The summed E-state index contributed by atoms with van der Waals surface area (Å²) < 4.78 is 78.6. The number of pyridine rings is 1. The highest BCUT2D eigenvalue weighted by atomic mass is 32.2. The van der Waals surface area contributed by atoms with Crippen LogP contribution in [0.3, 0.4) is 0 Å². The second-order valence-electron chi connectivity index (χ2n) is 10.5. The maximum Gasteiger partial charge on any atom is 0.423 e. The van der Waals surface area contributed by atoms with Crippen LogP contribution >= 0.6 is 0 Å². The summed E-state index contributed by atoms with van der Waals surface area (Å²) in [5, 5.41) is 11.1. The molecule has 1 aliphatic heterocycles. The van der Waals surface area contributed by atoms with E-state index < -0.39 is 38.9 Å². The van der Waals surface area contributed by atoms with Gasteiger partial charge in [-0.1, -0.05) is 12.1 Å². The van der Waals surface area contributed by atoms with Crippen LogP contribution in [-0.4, -0.2) is 70.5 Å². The largest absolute Gasteiger partial charge is 0.497 e. The highest BCUT2D eigenvalue weighted by molar-refractivity contribution is 7.90. The van der Waals surface area contributed by atoms with Gasteiger partial charge in [0.1, 0.15) is 29.6 Å². The molecular weight excluding hydrogens is 617 g/mol. The molecule has 0 amide bonds. The highest BCUT2D eigenvalue weighted by Crippen LogP contribution is 2.32. The average molecular weight is 649 g/mol. The smallest absolute Gasteiger partial charge is 0.423 e. The molecule has 4 aromatic rings. The van der Waals surface area contributed by atoms with Crippen LogP contribution in [0.15, 0.2) is 58.5 Å². The SMILES string of the molecule is COc1ccc(Cn2ncc(N[C@@H](C)COCc3nc4n(n3)CCN(c3ccc(S(C)(=O)=O)cn3)C4)c(C(F)(F)F)c2=O)cc1. The van der Waals surface area contributed by atoms with E-state index in [-0.39, 0.29) is 24.7 Å². The molecule has 0 radical (unpaired) electrons. The normalized spacial score (nSPS) is 14.2. The summed E-state index contributed by atoms with van der Waals surface area (Å²) in [6.07, 6.45) is -1.48. The minimum Gasteiger partial charge on any atom is -0.497 e. The Kier molecular flexibility index (Phi) is 9.11.